The molecular weight excluding hydrogens is 453 g/mol. The van der Waals surface area contributed by atoms with Gasteiger partial charge in [-0.1, -0.05) is 48.5 Å². The van der Waals surface area contributed by atoms with Gasteiger partial charge in [0.25, 0.3) is 0 Å². The molecule has 5 rings (SSSR count). The quantitative estimate of drug-likeness (QED) is 0.338. The second kappa shape index (κ2) is 9.43. The Balaban J connectivity index is 1.45. The highest BCUT2D eigenvalue weighted by molar-refractivity contribution is 5.94. The Morgan fingerprint density at radius 3 is 2.54 bits per heavy atom. The zero-order chi connectivity index (χ0) is 24.4. The van der Waals surface area contributed by atoms with Gasteiger partial charge in [-0.25, -0.2) is 0 Å². The highest BCUT2D eigenvalue weighted by Crippen LogP contribution is 2.34. The monoisotopic (exact) mass is 476 g/mol. The highest BCUT2D eigenvalue weighted by atomic mass is 19.4. The minimum Gasteiger partial charge on any atom is -0.419 e. The van der Waals surface area contributed by atoms with Crippen molar-refractivity contribution >= 4 is 16.7 Å². The molecule has 0 bridgehead atoms. The molecule has 1 N–H and O–H groups in total. The van der Waals surface area contributed by atoms with Crippen LogP contribution in [0.2, 0.25) is 0 Å². The number of nitriles is 1. The SMILES string of the molecule is N#Cc1nc(-c2cccc3ccccc23)oc1NCC(c1cccc(C(F)(F)F)c1)N1CCCC1. The lowest BCUT2D eigenvalue weighted by Gasteiger charge is -2.28. The molecule has 1 unspecified atom stereocenters. The fourth-order valence-electron chi connectivity index (χ4n) is 4.67. The number of rotatable bonds is 6. The lowest BCUT2D eigenvalue weighted by atomic mass is 10.0. The fourth-order valence-corrected chi connectivity index (χ4v) is 4.67. The molecule has 0 spiro atoms. The van der Waals surface area contributed by atoms with Gasteiger partial charge in [-0.15, -0.1) is 0 Å². The van der Waals surface area contributed by atoms with E-state index in [0.717, 1.165) is 48.3 Å². The number of oxazole rings is 1. The maximum absolute atomic E-state index is 13.3. The molecule has 1 aliphatic heterocycles. The van der Waals surface area contributed by atoms with Gasteiger partial charge in [-0.05, 0) is 60.5 Å². The number of nitrogens with one attached hydrogen (secondary N) is 1. The molecule has 8 heteroatoms. The van der Waals surface area contributed by atoms with E-state index in [9.17, 15) is 18.4 Å². The van der Waals surface area contributed by atoms with E-state index >= 15 is 0 Å². The summed E-state index contributed by atoms with van der Waals surface area (Å²) in [4.78, 5) is 6.55. The highest BCUT2D eigenvalue weighted by Gasteiger charge is 2.32. The van der Waals surface area contributed by atoms with Crippen molar-refractivity contribution in [1.29, 1.82) is 5.26 Å². The van der Waals surface area contributed by atoms with Crippen molar-refractivity contribution in [2.45, 2.75) is 25.1 Å². The summed E-state index contributed by atoms with van der Waals surface area (Å²) < 4.78 is 46.0. The van der Waals surface area contributed by atoms with Gasteiger partial charge >= 0.3 is 6.18 Å². The Morgan fingerprint density at radius 1 is 1.03 bits per heavy atom. The number of aromatic nitrogens is 1. The summed E-state index contributed by atoms with van der Waals surface area (Å²) in [6.45, 7) is 1.87. The van der Waals surface area contributed by atoms with Crippen LogP contribution in [0.15, 0.2) is 71.1 Å². The topological polar surface area (TPSA) is 65.1 Å². The van der Waals surface area contributed by atoms with E-state index < -0.39 is 11.7 Å². The molecule has 3 aromatic carbocycles. The zero-order valence-corrected chi connectivity index (χ0v) is 18.8. The number of nitrogens with zero attached hydrogens (tertiary/aromatic N) is 3. The average molecular weight is 477 g/mol. The predicted molar refractivity (Wildman–Crippen MR) is 128 cm³/mol. The molecule has 1 aliphatic rings. The molecule has 1 aromatic heterocycles. The summed E-state index contributed by atoms with van der Waals surface area (Å²) in [7, 11) is 0. The Morgan fingerprint density at radius 2 is 1.77 bits per heavy atom. The lowest BCUT2D eigenvalue weighted by Crippen LogP contribution is -2.31. The number of halogens is 3. The molecule has 2 heterocycles. The largest absolute Gasteiger partial charge is 0.419 e. The second-order valence-electron chi connectivity index (χ2n) is 8.60. The van der Waals surface area contributed by atoms with Gasteiger partial charge in [-0.3, -0.25) is 4.90 Å². The maximum Gasteiger partial charge on any atom is 0.416 e. The minimum atomic E-state index is -4.41. The molecule has 1 saturated heterocycles. The zero-order valence-electron chi connectivity index (χ0n) is 18.8. The van der Waals surface area contributed by atoms with Crippen LogP contribution in [0, 0.1) is 11.3 Å². The maximum atomic E-state index is 13.3. The summed E-state index contributed by atoms with van der Waals surface area (Å²) in [5.41, 5.74) is 0.773. The molecule has 0 saturated carbocycles. The van der Waals surface area contributed by atoms with E-state index in [1.165, 1.54) is 12.1 Å². The van der Waals surface area contributed by atoms with Crippen molar-refractivity contribution in [3.8, 4) is 17.5 Å². The van der Waals surface area contributed by atoms with Crippen molar-refractivity contribution in [1.82, 2.24) is 9.88 Å². The van der Waals surface area contributed by atoms with Gasteiger partial charge in [0.05, 0.1) is 11.6 Å². The first kappa shape index (κ1) is 22.9. The van der Waals surface area contributed by atoms with Crippen molar-refractivity contribution in [3.05, 3.63) is 83.6 Å². The first-order valence-electron chi connectivity index (χ1n) is 11.5. The van der Waals surface area contributed by atoms with Gasteiger partial charge in [0.2, 0.25) is 17.5 Å². The van der Waals surface area contributed by atoms with Crippen molar-refractivity contribution in [2.24, 2.45) is 0 Å². The van der Waals surface area contributed by atoms with E-state index in [1.54, 1.807) is 6.07 Å². The molecule has 35 heavy (non-hydrogen) atoms. The molecule has 4 aromatic rings. The standard InChI is InChI=1S/C27H23F3N4O/c28-27(29,30)20-10-5-9-19(15-20)24(34-13-3-4-14-34)17-32-26-23(16-31)33-25(35-26)22-12-6-8-18-7-1-2-11-21(18)22/h1-2,5-12,15,24,32H,3-4,13-14,17H2. The third-order valence-electron chi connectivity index (χ3n) is 6.39. The van der Waals surface area contributed by atoms with Crippen LogP contribution in [-0.2, 0) is 6.18 Å². The molecule has 0 radical (unpaired) electrons. The number of hydrogen-bond donors (Lipinski definition) is 1. The number of hydrogen-bond acceptors (Lipinski definition) is 5. The Bertz CT molecular complexity index is 1380. The van der Waals surface area contributed by atoms with Crippen LogP contribution in [0.4, 0.5) is 19.1 Å². The normalized spacial score (nSPS) is 15.3. The molecule has 0 aliphatic carbocycles. The van der Waals surface area contributed by atoms with Gasteiger partial charge < -0.3 is 9.73 Å². The second-order valence-corrected chi connectivity index (χ2v) is 8.60. The summed E-state index contributed by atoms with van der Waals surface area (Å²) >= 11 is 0. The van der Waals surface area contributed by atoms with Crippen molar-refractivity contribution < 1.29 is 17.6 Å². The van der Waals surface area contributed by atoms with Crippen molar-refractivity contribution in [3.63, 3.8) is 0 Å². The molecule has 1 atom stereocenters. The minimum absolute atomic E-state index is 0.108. The summed E-state index contributed by atoms with van der Waals surface area (Å²) in [5, 5.41) is 14.8. The molecule has 5 nitrogen and oxygen atoms in total. The Kier molecular flexibility index (Phi) is 6.18. The number of fused-ring (bicyclic) bond motifs is 1. The summed E-state index contributed by atoms with van der Waals surface area (Å²) in [5.74, 6) is 0.532. The third kappa shape index (κ3) is 4.73. The van der Waals surface area contributed by atoms with Crippen LogP contribution >= 0.6 is 0 Å². The first-order valence-corrected chi connectivity index (χ1v) is 11.5. The lowest BCUT2D eigenvalue weighted by molar-refractivity contribution is -0.137. The van der Waals surface area contributed by atoms with Crippen LogP contribution < -0.4 is 5.32 Å². The third-order valence-corrected chi connectivity index (χ3v) is 6.39. The van der Waals surface area contributed by atoms with Gasteiger partial charge in [0, 0.05) is 12.1 Å². The van der Waals surface area contributed by atoms with Crippen LogP contribution in [0.1, 0.15) is 35.7 Å². The van der Waals surface area contributed by atoms with E-state index in [0.29, 0.717) is 11.5 Å². The van der Waals surface area contributed by atoms with Crippen LogP contribution in [0.5, 0.6) is 0 Å². The summed E-state index contributed by atoms with van der Waals surface area (Å²) in [6, 6.07) is 20.8. The van der Waals surface area contributed by atoms with Gasteiger partial charge in [-0.2, -0.15) is 23.4 Å². The number of alkyl halides is 3. The van der Waals surface area contributed by atoms with Crippen LogP contribution in [0.3, 0.4) is 0 Å². The van der Waals surface area contributed by atoms with Crippen molar-refractivity contribution in [2.75, 3.05) is 25.0 Å². The molecule has 178 valence electrons. The molecule has 1 fully saturated rings. The van der Waals surface area contributed by atoms with E-state index in [-0.39, 0.29) is 24.2 Å². The number of likely N-dealkylation sites (tertiary alicyclic amines) is 1. The Hall–Kier alpha value is -3.83. The van der Waals surface area contributed by atoms with E-state index in [1.807, 2.05) is 42.5 Å². The molecular formula is C27H23F3N4O. The first-order chi connectivity index (χ1) is 16.9. The van der Waals surface area contributed by atoms with Gasteiger partial charge in [0.15, 0.2) is 0 Å². The average Bonchev–Trinajstić information content (AvgIpc) is 3.54. The smallest absolute Gasteiger partial charge is 0.416 e. The molecule has 0 amide bonds. The van der Waals surface area contributed by atoms with Gasteiger partial charge in [0.1, 0.15) is 6.07 Å². The summed E-state index contributed by atoms with van der Waals surface area (Å²) in [6.07, 6.45) is -2.43. The predicted octanol–water partition coefficient (Wildman–Crippen LogP) is 6.63. The van der Waals surface area contributed by atoms with Crippen LogP contribution in [0.25, 0.3) is 22.2 Å². The number of benzene rings is 3. The Labute approximate surface area is 200 Å². The van der Waals surface area contributed by atoms with E-state index in [4.69, 9.17) is 4.42 Å². The van der Waals surface area contributed by atoms with Crippen LogP contribution in [-0.4, -0.2) is 29.5 Å². The number of anilines is 1. The van der Waals surface area contributed by atoms with E-state index in [2.05, 4.69) is 21.3 Å². The fraction of sp³-hybridized carbons (Fsp3) is 0.259.